The average Bonchev–Trinajstić information content (AvgIpc) is 2.99. The standard InChI is InChI=1S/C27H44O/c1-18(2)7-6-8-19(3)23-11-12-24-22-10-9-20-17-21(28)13-15-26(20,4)25(22)14-16-27(23,24)5/h10,18-20,23-25H,6-9,11-17H2,1-5H3/t19-,20+,23-,24+,25+,26-,27+/m0/s1. The summed E-state index contributed by atoms with van der Waals surface area (Å²) in [7, 11) is 0. The Balaban J connectivity index is 1.51. The van der Waals surface area contributed by atoms with Crippen LogP contribution in [0.1, 0.15) is 105 Å². The van der Waals surface area contributed by atoms with Crippen molar-refractivity contribution in [1.82, 2.24) is 0 Å². The van der Waals surface area contributed by atoms with E-state index in [9.17, 15) is 4.79 Å². The molecular formula is C27H44O. The molecule has 0 radical (unpaired) electrons. The van der Waals surface area contributed by atoms with Gasteiger partial charge in [0.2, 0.25) is 0 Å². The molecule has 1 nitrogen and oxygen atoms in total. The van der Waals surface area contributed by atoms with Crippen LogP contribution >= 0.6 is 0 Å². The Bertz CT molecular complexity index is 630. The lowest BCUT2D eigenvalue weighted by atomic mass is 9.47. The average molecular weight is 385 g/mol. The second-order valence-corrected chi connectivity index (χ2v) is 12.0. The predicted octanol–water partition coefficient (Wildman–Crippen LogP) is 7.60. The smallest absolute Gasteiger partial charge is 0.133 e. The van der Waals surface area contributed by atoms with Gasteiger partial charge in [0, 0.05) is 12.8 Å². The van der Waals surface area contributed by atoms with E-state index >= 15 is 0 Å². The number of Topliss-reactive ketones (excluding diaryl/α,β-unsaturated/α-hetero) is 1. The molecule has 3 saturated carbocycles. The second-order valence-electron chi connectivity index (χ2n) is 12.0. The van der Waals surface area contributed by atoms with Crippen molar-refractivity contribution in [1.29, 1.82) is 0 Å². The van der Waals surface area contributed by atoms with Crippen molar-refractivity contribution in [3.05, 3.63) is 11.6 Å². The fraction of sp³-hybridized carbons (Fsp3) is 0.889. The van der Waals surface area contributed by atoms with E-state index in [1.54, 1.807) is 0 Å². The molecule has 0 amide bonds. The largest absolute Gasteiger partial charge is 0.300 e. The normalized spacial score (nSPS) is 43.9. The maximum atomic E-state index is 12.1. The Labute approximate surface area is 174 Å². The van der Waals surface area contributed by atoms with Crippen LogP contribution in [0.3, 0.4) is 0 Å². The fourth-order valence-corrected chi connectivity index (χ4v) is 8.33. The molecule has 4 aliphatic carbocycles. The van der Waals surface area contributed by atoms with Gasteiger partial charge in [0.05, 0.1) is 0 Å². The zero-order chi connectivity index (χ0) is 20.1. The van der Waals surface area contributed by atoms with E-state index in [-0.39, 0.29) is 0 Å². The Kier molecular flexibility index (Phi) is 5.60. The van der Waals surface area contributed by atoms with Crippen LogP contribution in [0.2, 0.25) is 0 Å². The van der Waals surface area contributed by atoms with Crippen molar-refractivity contribution in [2.45, 2.75) is 105 Å². The Morgan fingerprint density at radius 2 is 1.75 bits per heavy atom. The first-order chi connectivity index (χ1) is 13.3. The number of carbonyl (C=O) groups is 1. The van der Waals surface area contributed by atoms with Crippen molar-refractivity contribution in [2.24, 2.45) is 46.3 Å². The van der Waals surface area contributed by atoms with Gasteiger partial charge in [0.15, 0.2) is 0 Å². The second kappa shape index (κ2) is 7.59. The lowest BCUT2D eigenvalue weighted by Crippen LogP contribution is -2.49. The Morgan fingerprint density at radius 3 is 2.50 bits per heavy atom. The maximum Gasteiger partial charge on any atom is 0.133 e. The zero-order valence-corrected chi connectivity index (χ0v) is 19.2. The van der Waals surface area contributed by atoms with Gasteiger partial charge < -0.3 is 0 Å². The van der Waals surface area contributed by atoms with Crippen molar-refractivity contribution in [3.8, 4) is 0 Å². The number of rotatable bonds is 5. The monoisotopic (exact) mass is 384 g/mol. The first-order valence-electron chi connectivity index (χ1n) is 12.5. The minimum absolute atomic E-state index is 0.403. The number of carbonyl (C=O) groups excluding carboxylic acids is 1. The molecular weight excluding hydrogens is 340 g/mol. The molecule has 0 aliphatic heterocycles. The first kappa shape index (κ1) is 20.7. The molecule has 158 valence electrons. The van der Waals surface area contributed by atoms with Crippen LogP contribution in [0.15, 0.2) is 11.6 Å². The quantitative estimate of drug-likeness (QED) is 0.446. The number of hydrogen-bond acceptors (Lipinski definition) is 1. The Morgan fingerprint density at radius 1 is 1.00 bits per heavy atom. The molecule has 0 bridgehead atoms. The summed E-state index contributed by atoms with van der Waals surface area (Å²) in [4.78, 5) is 12.1. The highest BCUT2D eigenvalue weighted by molar-refractivity contribution is 5.79. The molecule has 0 aromatic rings. The summed E-state index contributed by atoms with van der Waals surface area (Å²) in [6, 6.07) is 0. The maximum absolute atomic E-state index is 12.1. The molecule has 0 saturated heterocycles. The summed E-state index contributed by atoms with van der Waals surface area (Å²) in [5.41, 5.74) is 2.78. The van der Waals surface area contributed by atoms with E-state index in [4.69, 9.17) is 0 Å². The van der Waals surface area contributed by atoms with Gasteiger partial charge in [-0.05, 0) is 84.9 Å². The molecule has 3 fully saturated rings. The number of hydrogen-bond donors (Lipinski definition) is 0. The van der Waals surface area contributed by atoms with Crippen molar-refractivity contribution >= 4 is 5.78 Å². The SMILES string of the molecule is CC(C)CCC[C@H](C)[C@@H]1CC[C@@H]2C3=CC[C@@H]4CC(=O)CC[C@]4(C)[C@@H]3CC[C@@]21C. The predicted molar refractivity (Wildman–Crippen MR) is 118 cm³/mol. The topological polar surface area (TPSA) is 17.1 Å². The number of fused-ring (bicyclic) bond motifs is 5. The summed E-state index contributed by atoms with van der Waals surface area (Å²) in [6.45, 7) is 12.5. The summed E-state index contributed by atoms with van der Waals surface area (Å²) < 4.78 is 0. The minimum atomic E-state index is 0.403. The summed E-state index contributed by atoms with van der Waals surface area (Å²) >= 11 is 0. The van der Waals surface area contributed by atoms with Gasteiger partial charge in [-0.2, -0.15) is 0 Å². The van der Waals surface area contributed by atoms with E-state index in [1.165, 1.54) is 51.4 Å². The molecule has 0 aromatic heterocycles. The summed E-state index contributed by atoms with van der Waals surface area (Å²) in [6.07, 6.45) is 16.6. The van der Waals surface area contributed by atoms with E-state index in [2.05, 4.69) is 40.7 Å². The molecule has 0 spiro atoms. The third kappa shape index (κ3) is 3.33. The van der Waals surface area contributed by atoms with Gasteiger partial charge in [-0.1, -0.05) is 65.5 Å². The van der Waals surface area contributed by atoms with Gasteiger partial charge in [-0.3, -0.25) is 4.79 Å². The van der Waals surface area contributed by atoms with Crippen LogP contribution < -0.4 is 0 Å². The van der Waals surface area contributed by atoms with Crippen LogP contribution in [0, 0.1) is 46.3 Å². The highest BCUT2D eigenvalue weighted by Crippen LogP contribution is 2.66. The minimum Gasteiger partial charge on any atom is -0.300 e. The highest BCUT2D eigenvalue weighted by atomic mass is 16.1. The number of allylic oxidation sites excluding steroid dienone is 2. The van der Waals surface area contributed by atoms with Crippen molar-refractivity contribution in [2.75, 3.05) is 0 Å². The van der Waals surface area contributed by atoms with Gasteiger partial charge in [0.1, 0.15) is 5.78 Å². The lowest BCUT2D eigenvalue weighted by molar-refractivity contribution is -0.127. The van der Waals surface area contributed by atoms with Gasteiger partial charge in [-0.25, -0.2) is 0 Å². The molecule has 7 atom stereocenters. The zero-order valence-electron chi connectivity index (χ0n) is 19.2. The molecule has 4 rings (SSSR count). The molecule has 28 heavy (non-hydrogen) atoms. The van der Waals surface area contributed by atoms with E-state index in [1.807, 2.05) is 5.57 Å². The Hall–Kier alpha value is -0.590. The van der Waals surface area contributed by atoms with Gasteiger partial charge in [0.25, 0.3) is 0 Å². The van der Waals surface area contributed by atoms with Crippen LogP contribution in [0.5, 0.6) is 0 Å². The molecule has 0 aromatic carbocycles. The fourth-order valence-electron chi connectivity index (χ4n) is 8.33. The third-order valence-electron chi connectivity index (χ3n) is 10.1. The molecule has 4 aliphatic rings. The summed E-state index contributed by atoms with van der Waals surface area (Å²) in [5.74, 6) is 5.40. The van der Waals surface area contributed by atoms with E-state index in [0.717, 1.165) is 48.9 Å². The molecule has 0 heterocycles. The van der Waals surface area contributed by atoms with Crippen LogP contribution in [0.25, 0.3) is 0 Å². The van der Waals surface area contributed by atoms with Crippen molar-refractivity contribution in [3.63, 3.8) is 0 Å². The van der Waals surface area contributed by atoms with Crippen LogP contribution in [0.4, 0.5) is 0 Å². The highest BCUT2D eigenvalue weighted by Gasteiger charge is 2.58. The number of ketones is 1. The summed E-state index contributed by atoms with van der Waals surface area (Å²) in [5, 5.41) is 0. The lowest BCUT2D eigenvalue weighted by Gasteiger charge is -2.57. The van der Waals surface area contributed by atoms with E-state index < -0.39 is 0 Å². The first-order valence-corrected chi connectivity index (χ1v) is 12.5. The van der Waals surface area contributed by atoms with Crippen LogP contribution in [-0.2, 0) is 4.79 Å². The van der Waals surface area contributed by atoms with E-state index in [0.29, 0.717) is 22.5 Å². The van der Waals surface area contributed by atoms with Crippen LogP contribution in [-0.4, -0.2) is 5.78 Å². The molecule has 0 unspecified atom stereocenters. The van der Waals surface area contributed by atoms with Crippen molar-refractivity contribution < 1.29 is 4.79 Å². The molecule has 0 N–H and O–H groups in total. The van der Waals surface area contributed by atoms with Gasteiger partial charge >= 0.3 is 0 Å². The third-order valence-corrected chi connectivity index (χ3v) is 10.1. The van der Waals surface area contributed by atoms with Gasteiger partial charge in [-0.15, -0.1) is 0 Å². The molecule has 1 heteroatoms.